The maximum absolute atomic E-state index is 12.4. The van der Waals surface area contributed by atoms with Gasteiger partial charge < -0.3 is 10.6 Å². The molecule has 29 heavy (non-hydrogen) atoms. The number of nitrogens with zero attached hydrogens (tertiary/aromatic N) is 2. The molecule has 2 aromatic carbocycles. The summed E-state index contributed by atoms with van der Waals surface area (Å²) in [6, 6.07) is 13.2. The molecule has 154 valence electrons. The highest BCUT2D eigenvalue weighted by molar-refractivity contribution is 6.33. The van der Waals surface area contributed by atoms with Gasteiger partial charge in [-0.15, -0.1) is 0 Å². The van der Waals surface area contributed by atoms with E-state index in [2.05, 4.69) is 26.5 Å². The number of hydrogen-bond acceptors (Lipinski definition) is 4. The molecular formula is C22H27ClN4O2. The standard InChI is InChI=1S/C22H27ClN4O2/c1-16-11-17(2)13-18(12-16)24-21(28)14-26-7-9-27(10-8-26)15-22(29)25-20-6-4-3-5-19(20)23/h3-6,11-13H,7-10,14-15H2,1-2H3,(H,24,28)(H,25,29). The van der Waals surface area contributed by atoms with E-state index in [0.717, 1.165) is 43.0 Å². The smallest absolute Gasteiger partial charge is 0.238 e. The molecule has 0 atom stereocenters. The first-order valence-electron chi connectivity index (χ1n) is 9.76. The van der Waals surface area contributed by atoms with E-state index in [-0.39, 0.29) is 11.8 Å². The zero-order chi connectivity index (χ0) is 20.8. The summed E-state index contributed by atoms with van der Waals surface area (Å²) in [7, 11) is 0. The summed E-state index contributed by atoms with van der Waals surface area (Å²) < 4.78 is 0. The summed E-state index contributed by atoms with van der Waals surface area (Å²) in [5, 5.41) is 6.35. The van der Waals surface area contributed by atoms with Crippen LogP contribution in [-0.4, -0.2) is 60.9 Å². The molecule has 1 heterocycles. The van der Waals surface area contributed by atoms with E-state index in [0.29, 0.717) is 23.8 Å². The van der Waals surface area contributed by atoms with Crippen LogP contribution in [0.4, 0.5) is 11.4 Å². The van der Waals surface area contributed by atoms with Crippen molar-refractivity contribution >= 4 is 34.8 Å². The van der Waals surface area contributed by atoms with Crippen molar-refractivity contribution in [3.8, 4) is 0 Å². The molecule has 2 N–H and O–H groups in total. The number of carbonyl (C=O) groups excluding carboxylic acids is 2. The third-order valence-corrected chi connectivity index (χ3v) is 5.18. The maximum atomic E-state index is 12.4. The third kappa shape index (κ3) is 6.56. The Morgan fingerprint density at radius 3 is 1.93 bits per heavy atom. The lowest BCUT2D eigenvalue weighted by molar-refractivity contribution is -0.120. The van der Waals surface area contributed by atoms with Gasteiger partial charge in [-0.25, -0.2) is 0 Å². The predicted octanol–water partition coefficient (Wildman–Crippen LogP) is 3.15. The molecule has 1 fully saturated rings. The van der Waals surface area contributed by atoms with E-state index >= 15 is 0 Å². The second-order valence-electron chi connectivity index (χ2n) is 7.50. The van der Waals surface area contributed by atoms with Crippen LogP contribution in [0.2, 0.25) is 5.02 Å². The molecule has 2 amide bonds. The molecule has 0 spiro atoms. The van der Waals surface area contributed by atoms with Crippen molar-refractivity contribution in [1.82, 2.24) is 9.80 Å². The Morgan fingerprint density at radius 1 is 0.862 bits per heavy atom. The van der Waals surface area contributed by atoms with Crippen molar-refractivity contribution in [2.45, 2.75) is 13.8 Å². The Morgan fingerprint density at radius 2 is 1.38 bits per heavy atom. The predicted molar refractivity (Wildman–Crippen MR) is 118 cm³/mol. The lowest BCUT2D eigenvalue weighted by Crippen LogP contribution is -2.50. The summed E-state index contributed by atoms with van der Waals surface area (Å²) in [6.07, 6.45) is 0. The molecule has 1 aliphatic rings. The normalized spacial score (nSPS) is 15.1. The fourth-order valence-corrected chi connectivity index (χ4v) is 3.69. The van der Waals surface area contributed by atoms with Crippen molar-refractivity contribution < 1.29 is 9.59 Å². The van der Waals surface area contributed by atoms with Gasteiger partial charge in [0.15, 0.2) is 0 Å². The number of amides is 2. The van der Waals surface area contributed by atoms with Crippen LogP contribution in [0.25, 0.3) is 0 Å². The van der Waals surface area contributed by atoms with Crippen molar-refractivity contribution in [2.75, 3.05) is 49.9 Å². The van der Waals surface area contributed by atoms with Gasteiger partial charge in [0.05, 0.1) is 23.8 Å². The first-order valence-corrected chi connectivity index (χ1v) is 10.1. The van der Waals surface area contributed by atoms with Gasteiger partial charge in [-0.3, -0.25) is 19.4 Å². The SMILES string of the molecule is Cc1cc(C)cc(NC(=O)CN2CCN(CC(=O)Nc3ccccc3Cl)CC2)c1. The van der Waals surface area contributed by atoms with Crippen molar-refractivity contribution in [3.63, 3.8) is 0 Å². The van der Waals surface area contributed by atoms with Gasteiger partial charge in [0.25, 0.3) is 0 Å². The van der Waals surface area contributed by atoms with Crippen LogP contribution in [-0.2, 0) is 9.59 Å². The number of hydrogen-bond donors (Lipinski definition) is 2. The van der Waals surface area contributed by atoms with E-state index in [9.17, 15) is 9.59 Å². The molecule has 2 aromatic rings. The second kappa shape index (κ2) is 9.87. The minimum absolute atomic E-state index is 0.0140. The summed E-state index contributed by atoms with van der Waals surface area (Å²) in [5.74, 6) is -0.0981. The fraction of sp³-hybridized carbons (Fsp3) is 0.364. The van der Waals surface area contributed by atoms with Gasteiger partial charge in [-0.05, 0) is 49.2 Å². The fourth-order valence-electron chi connectivity index (χ4n) is 3.51. The van der Waals surface area contributed by atoms with E-state index in [4.69, 9.17) is 11.6 Å². The number of anilines is 2. The highest BCUT2D eigenvalue weighted by atomic mass is 35.5. The molecule has 1 aliphatic heterocycles. The molecule has 0 aromatic heterocycles. The van der Waals surface area contributed by atoms with Gasteiger partial charge in [0.1, 0.15) is 0 Å². The maximum Gasteiger partial charge on any atom is 0.238 e. The Bertz CT molecular complexity index is 859. The van der Waals surface area contributed by atoms with Gasteiger partial charge in [0, 0.05) is 31.9 Å². The molecule has 0 bridgehead atoms. The number of rotatable bonds is 6. The van der Waals surface area contributed by atoms with E-state index in [1.54, 1.807) is 12.1 Å². The van der Waals surface area contributed by atoms with Crippen LogP contribution in [0.15, 0.2) is 42.5 Å². The molecule has 1 saturated heterocycles. The van der Waals surface area contributed by atoms with Crippen molar-refractivity contribution in [2.24, 2.45) is 0 Å². The Labute approximate surface area is 176 Å². The molecule has 0 unspecified atom stereocenters. The molecule has 0 radical (unpaired) electrons. The third-order valence-electron chi connectivity index (χ3n) is 4.85. The first-order chi connectivity index (χ1) is 13.9. The number of halogens is 1. The van der Waals surface area contributed by atoms with Gasteiger partial charge in [-0.2, -0.15) is 0 Å². The van der Waals surface area contributed by atoms with Gasteiger partial charge in [-0.1, -0.05) is 29.8 Å². The van der Waals surface area contributed by atoms with Crippen LogP contribution in [0.1, 0.15) is 11.1 Å². The average molecular weight is 415 g/mol. The van der Waals surface area contributed by atoms with Crippen molar-refractivity contribution in [3.05, 3.63) is 58.6 Å². The van der Waals surface area contributed by atoms with Crippen LogP contribution in [0, 0.1) is 13.8 Å². The summed E-state index contributed by atoms with van der Waals surface area (Å²) in [4.78, 5) is 28.8. The Balaban J connectivity index is 1.41. The van der Waals surface area contributed by atoms with Crippen LogP contribution in [0.3, 0.4) is 0 Å². The number of benzene rings is 2. The van der Waals surface area contributed by atoms with Crippen molar-refractivity contribution in [1.29, 1.82) is 0 Å². The lowest BCUT2D eigenvalue weighted by Gasteiger charge is -2.33. The number of piperazine rings is 1. The molecular weight excluding hydrogens is 388 g/mol. The van der Waals surface area contributed by atoms with Crippen LogP contribution < -0.4 is 10.6 Å². The van der Waals surface area contributed by atoms with Gasteiger partial charge >= 0.3 is 0 Å². The highest BCUT2D eigenvalue weighted by Crippen LogP contribution is 2.20. The molecule has 3 rings (SSSR count). The minimum Gasteiger partial charge on any atom is -0.325 e. The zero-order valence-corrected chi connectivity index (χ0v) is 17.6. The molecule has 7 heteroatoms. The van der Waals surface area contributed by atoms with Crippen LogP contribution >= 0.6 is 11.6 Å². The number of para-hydroxylation sites is 1. The average Bonchev–Trinajstić information content (AvgIpc) is 2.64. The zero-order valence-electron chi connectivity index (χ0n) is 16.9. The lowest BCUT2D eigenvalue weighted by atomic mass is 10.1. The van der Waals surface area contributed by atoms with E-state index in [1.165, 1.54) is 0 Å². The second-order valence-corrected chi connectivity index (χ2v) is 7.91. The molecule has 0 saturated carbocycles. The monoisotopic (exact) mass is 414 g/mol. The molecule has 0 aliphatic carbocycles. The summed E-state index contributed by atoms with van der Waals surface area (Å²) >= 11 is 6.08. The summed E-state index contributed by atoms with van der Waals surface area (Å²) in [5.41, 5.74) is 3.72. The van der Waals surface area contributed by atoms with E-state index in [1.807, 2.05) is 38.1 Å². The Hall–Kier alpha value is -2.41. The van der Waals surface area contributed by atoms with Gasteiger partial charge in [0.2, 0.25) is 11.8 Å². The minimum atomic E-state index is -0.0842. The summed E-state index contributed by atoms with van der Waals surface area (Å²) in [6.45, 7) is 7.69. The van der Waals surface area contributed by atoms with Crippen LogP contribution in [0.5, 0.6) is 0 Å². The number of carbonyl (C=O) groups is 2. The van der Waals surface area contributed by atoms with E-state index < -0.39 is 0 Å². The quantitative estimate of drug-likeness (QED) is 0.762. The highest BCUT2D eigenvalue weighted by Gasteiger charge is 2.21. The number of nitrogens with one attached hydrogen (secondary N) is 2. The Kier molecular flexibility index (Phi) is 7.25. The topological polar surface area (TPSA) is 64.7 Å². The first kappa shape index (κ1) is 21.3. The number of aryl methyl sites for hydroxylation is 2. The largest absolute Gasteiger partial charge is 0.325 e. The molecule has 6 nitrogen and oxygen atoms in total.